The van der Waals surface area contributed by atoms with E-state index in [0.29, 0.717) is 31.6 Å². The fraction of sp³-hybridized carbons (Fsp3) is 0.937. The SMILES string of the molecule is CCCCCCCCCCCCCC(=O)OC[C@H](COP(=O)(O)OC[C@@H](O)COP(=O)(O)OC[C@@H](COC(=O)CCCCCCCCC(C)C)OC(=O)CCCCCCCCCCCCC)OC(=O)CCCCCCCCCCCCC. The molecule has 486 valence electrons. The second kappa shape index (κ2) is 56.8. The lowest BCUT2D eigenvalue weighted by Gasteiger charge is -2.21. The Labute approximate surface area is 498 Å². The number of phosphoric acid groups is 2. The highest BCUT2D eigenvalue weighted by Gasteiger charge is 2.30. The van der Waals surface area contributed by atoms with Crippen molar-refractivity contribution in [2.45, 2.75) is 335 Å². The average Bonchev–Trinajstić information content (AvgIpc) is 3.44. The minimum absolute atomic E-state index is 0.106. The maximum Gasteiger partial charge on any atom is 0.472 e. The van der Waals surface area contributed by atoms with Crippen molar-refractivity contribution < 1.29 is 80.2 Å². The van der Waals surface area contributed by atoms with E-state index in [2.05, 4.69) is 34.6 Å². The van der Waals surface area contributed by atoms with Crippen LogP contribution < -0.4 is 0 Å². The summed E-state index contributed by atoms with van der Waals surface area (Å²) in [4.78, 5) is 72.1. The van der Waals surface area contributed by atoms with E-state index >= 15 is 0 Å². The second-order valence-corrected chi connectivity index (χ2v) is 26.2. The van der Waals surface area contributed by atoms with E-state index in [-0.39, 0.29) is 25.7 Å². The van der Waals surface area contributed by atoms with Crippen molar-refractivity contribution in [2.75, 3.05) is 39.6 Å². The van der Waals surface area contributed by atoms with Crippen LogP contribution in [0.4, 0.5) is 0 Å². The Bertz CT molecular complexity index is 1600. The fourth-order valence-electron chi connectivity index (χ4n) is 9.41. The molecule has 0 saturated carbocycles. The molecule has 0 bridgehead atoms. The topological polar surface area (TPSA) is 237 Å². The Balaban J connectivity index is 5.23. The van der Waals surface area contributed by atoms with Crippen molar-refractivity contribution in [3.63, 3.8) is 0 Å². The van der Waals surface area contributed by atoms with Crippen molar-refractivity contribution in [1.82, 2.24) is 0 Å². The molecule has 0 aromatic carbocycles. The summed E-state index contributed by atoms with van der Waals surface area (Å²) in [5, 5.41) is 10.5. The zero-order chi connectivity index (χ0) is 60.6. The third-order valence-electron chi connectivity index (χ3n) is 14.5. The zero-order valence-corrected chi connectivity index (χ0v) is 54.4. The first kappa shape index (κ1) is 80.1. The van der Waals surface area contributed by atoms with Gasteiger partial charge in [0.2, 0.25) is 0 Å². The molecule has 0 heterocycles. The molecule has 2 unspecified atom stereocenters. The summed E-state index contributed by atoms with van der Waals surface area (Å²) in [6.07, 6.45) is 40.3. The first-order valence-electron chi connectivity index (χ1n) is 33.1. The molecule has 0 amide bonds. The molecule has 0 fully saturated rings. The van der Waals surface area contributed by atoms with Crippen molar-refractivity contribution in [3.8, 4) is 0 Å². The Morgan fingerprint density at radius 2 is 0.561 bits per heavy atom. The van der Waals surface area contributed by atoms with Gasteiger partial charge in [0.25, 0.3) is 0 Å². The number of aliphatic hydroxyl groups excluding tert-OH is 1. The van der Waals surface area contributed by atoms with E-state index in [1.807, 2.05) is 0 Å². The molecule has 19 heteroatoms. The summed E-state index contributed by atoms with van der Waals surface area (Å²) in [5.74, 6) is -1.45. The summed E-state index contributed by atoms with van der Waals surface area (Å²) >= 11 is 0. The molecule has 0 spiro atoms. The second-order valence-electron chi connectivity index (χ2n) is 23.3. The Morgan fingerprint density at radius 1 is 0.329 bits per heavy atom. The Hall–Kier alpha value is -1.94. The molecule has 0 rings (SSSR count). The van der Waals surface area contributed by atoms with Crippen LogP contribution in [0.2, 0.25) is 0 Å². The number of hydrogen-bond acceptors (Lipinski definition) is 15. The van der Waals surface area contributed by atoms with Crippen LogP contribution in [0.25, 0.3) is 0 Å². The molecule has 0 aliphatic rings. The molecule has 17 nitrogen and oxygen atoms in total. The summed E-state index contributed by atoms with van der Waals surface area (Å²) < 4.78 is 67.9. The van der Waals surface area contributed by atoms with Gasteiger partial charge in [0.1, 0.15) is 19.3 Å². The highest BCUT2D eigenvalue weighted by molar-refractivity contribution is 7.47. The van der Waals surface area contributed by atoms with Crippen LogP contribution in [0.1, 0.15) is 317 Å². The van der Waals surface area contributed by atoms with E-state index < -0.39 is 97.5 Å². The van der Waals surface area contributed by atoms with Crippen LogP contribution >= 0.6 is 15.6 Å². The molecule has 0 aromatic rings. The quantitative estimate of drug-likeness (QED) is 0.0222. The van der Waals surface area contributed by atoms with Gasteiger partial charge in [-0.15, -0.1) is 0 Å². The van der Waals surface area contributed by atoms with Crippen molar-refractivity contribution in [3.05, 3.63) is 0 Å². The number of ether oxygens (including phenoxy) is 4. The molecule has 0 aromatic heterocycles. The van der Waals surface area contributed by atoms with Gasteiger partial charge in [-0.05, 0) is 31.6 Å². The predicted octanol–water partition coefficient (Wildman–Crippen LogP) is 17.4. The lowest BCUT2D eigenvalue weighted by molar-refractivity contribution is -0.161. The molecule has 5 atom stereocenters. The first-order chi connectivity index (χ1) is 39.5. The number of hydrogen-bond donors (Lipinski definition) is 3. The molecule has 82 heavy (non-hydrogen) atoms. The summed E-state index contributed by atoms with van der Waals surface area (Å²) in [7, 11) is -9.88. The van der Waals surface area contributed by atoms with Crippen LogP contribution in [0.5, 0.6) is 0 Å². The number of phosphoric ester groups is 2. The van der Waals surface area contributed by atoms with Gasteiger partial charge in [0.15, 0.2) is 12.2 Å². The standard InChI is InChI=1S/C63H122O17P2/c1-6-9-12-15-18-21-24-27-30-36-41-46-60(65)73-52-58(79-62(67)48-43-38-31-28-25-22-19-16-13-10-7-2)54-77-81(69,70)75-50-57(64)51-76-82(71,72)78-55-59(53-74-61(66)47-42-37-34-33-35-40-45-56(4)5)80-63(68)49-44-39-32-29-26-23-20-17-14-11-8-3/h56-59,64H,6-55H2,1-5H3,(H,69,70)(H,71,72)/t57-,58-,59-/m1/s1. The van der Waals surface area contributed by atoms with Gasteiger partial charge >= 0.3 is 39.5 Å². The highest BCUT2D eigenvalue weighted by Crippen LogP contribution is 2.45. The number of carbonyl (C=O) groups is 4. The Morgan fingerprint density at radius 3 is 0.829 bits per heavy atom. The van der Waals surface area contributed by atoms with Crippen molar-refractivity contribution >= 4 is 39.5 Å². The van der Waals surface area contributed by atoms with Crippen LogP contribution in [0, 0.1) is 5.92 Å². The molecule has 0 saturated heterocycles. The lowest BCUT2D eigenvalue weighted by atomic mass is 10.0. The maximum absolute atomic E-state index is 13.0. The molecular weight excluding hydrogens is 1090 g/mol. The summed E-state index contributed by atoms with van der Waals surface area (Å²) in [6, 6.07) is 0. The minimum atomic E-state index is -4.94. The van der Waals surface area contributed by atoms with Gasteiger partial charge in [0.05, 0.1) is 26.4 Å². The number of esters is 4. The van der Waals surface area contributed by atoms with E-state index in [1.165, 1.54) is 135 Å². The molecule has 0 aliphatic carbocycles. The lowest BCUT2D eigenvalue weighted by Crippen LogP contribution is -2.30. The third kappa shape index (κ3) is 57.2. The van der Waals surface area contributed by atoms with E-state index in [1.54, 1.807) is 0 Å². The van der Waals surface area contributed by atoms with Crippen LogP contribution in [-0.4, -0.2) is 96.7 Å². The number of rotatable bonds is 63. The molecular formula is C63H122O17P2. The van der Waals surface area contributed by atoms with Crippen molar-refractivity contribution in [1.29, 1.82) is 0 Å². The zero-order valence-electron chi connectivity index (χ0n) is 52.6. The van der Waals surface area contributed by atoms with Gasteiger partial charge in [-0.1, -0.05) is 266 Å². The molecule has 3 N–H and O–H groups in total. The molecule has 0 radical (unpaired) electrons. The summed E-state index contributed by atoms with van der Waals surface area (Å²) in [6.45, 7) is 7.10. The predicted molar refractivity (Wildman–Crippen MR) is 326 cm³/mol. The third-order valence-corrected chi connectivity index (χ3v) is 16.4. The number of aliphatic hydroxyl groups is 1. The van der Waals surface area contributed by atoms with E-state index in [4.69, 9.17) is 37.0 Å². The minimum Gasteiger partial charge on any atom is -0.462 e. The first-order valence-corrected chi connectivity index (χ1v) is 36.1. The van der Waals surface area contributed by atoms with Crippen LogP contribution in [0.15, 0.2) is 0 Å². The van der Waals surface area contributed by atoms with Crippen LogP contribution in [0.3, 0.4) is 0 Å². The maximum atomic E-state index is 13.0. The largest absolute Gasteiger partial charge is 0.472 e. The number of unbranched alkanes of at least 4 members (excludes halogenated alkanes) is 35. The fourth-order valence-corrected chi connectivity index (χ4v) is 11.0. The number of carbonyl (C=O) groups excluding carboxylic acids is 4. The van der Waals surface area contributed by atoms with Gasteiger partial charge in [-0.25, -0.2) is 9.13 Å². The average molecular weight is 1210 g/mol. The van der Waals surface area contributed by atoms with Gasteiger partial charge in [-0.2, -0.15) is 0 Å². The van der Waals surface area contributed by atoms with E-state index in [9.17, 15) is 43.2 Å². The Kier molecular flexibility index (Phi) is 55.5. The molecule has 0 aliphatic heterocycles. The highest BCUT2D eigenvalue weighted by atomic mass is 31.2. The smallest absolute Gasteiger partial charge is 0.462 e. The van der Waals surface area contributed by atoms with E-state index in [0.717, 1.165) is 96.3 Å². The van der Waals surface area contributed by atoms with Crippen molar-refractivity contribution in [2.24, 2.45) is 5.92 Å². The van der Waals surface area contributed by atoms with Crippen LogP contribution in [-0.2, 0) is 65.4 Å². The monoisotopic (exact) mass is 1210 g/mol. The van der Waals surface area contributed by atoms with Gasteiger partial charge in [-0.3, -0.25) is 37.3 Å². The summed E-state index contributed by atoms with van der Waals surface area (Å²) in [5.41, 5.74) is 0. The van der Waals surface area contributed by atoms with Gasteiger partial charge < -0.3 is 33.8 Å². The van der Waals surface area contributed by atoms with Gasteiger partial charge in [0, 0.05) is 25.7 Å². The normalized spacial score (nSPS) is 14.3.